The third-order valence-corrected chi connectivity index (χ3v) is 16.6. The molecule has 16 rings (SSSR count). The molecule has 5 nitrogen and oxygen atoms in total. The van der Waals surface area contributed by atoms with E-state index in [2.05, 4.69) is 183 Å². The number of rotatable bonds is 7. The van der Waals surface area contributed by atoms with Crippen LogP contribution in [0.4, 0.5) is 0 Å². The highest BCUT2D eigenvalue weighted by Crippen LogP contribution is 2.61. The van der Waals surface area contributed by atoms with E-state index >= 15 is 0 Å². The molecule has 3 aromatic heterocycles. The van der Waals surface area contributed by atoms with Gasteiger partial charge in [0.2, 0.25) is 0 Å². The van der Waals surface area contributed by atoms with Gasteiger partial charge >= 0.3 is 0 Å². The van der Waals surface area contributed by atoms with Crippen molar-refractivity contribution in [3.8, 4) is 67.5 Å². The van der Waals surface area contributed by atoms with Crippen molar-refractivity contribution in [1.82, 2.24) is 15.0 Å². The minimum absolute atomic E-state index is 0.333. The van der Waals surface area contributed by atoms with Gasteiger partial charge in [-0.15, -0.1) is 0 Å². The molecule has 4 aliphatic carbocycles. The summed E-state index contributed by atoms with van der Waals surface area (Å²) in [6.45, 7) is 2.19. The maximum absolute atomic E-state index is 6.97. The third kappa shape index (κ3) is 6.63. The lowest BCUT2D eigenvalue weighted by Crippen LogP contribution is -2.48. The van der Waals surface area contributed by atoms with Crippen molar-refractivity contribution in [2.24, 2.45) is 17.8 Å². The summed E-state index contributed by atoms with van der Waals surface area (Å²) in [6, 6.07) is 67.4. The Morgan fingerprint density at radius 3 is 1.79 bits per heavy atom. The van der Waals surface area contributed by atoms with Crippen LogP contribution >= 0.6 is 0 Å². The minimum Gasteiger partial charge on any atom is -0.455 e. The molecular weight excluding hydrogens is 867 g/mol. The van der Waals surface area contributed by atoms with Gasteiger partial charge < -0.3 is 8.83 Å². The standard InChI is InChI=1S/C66H49N3O2/c1-39-12-5-7-16-51(39)48-31-47(44-22-25-50(26-23-44)66-36-40-28-41(37-66)30-42(29-40)38-66)32-49(33-48)63-67-64(55-20-11-19-54-53-18-9-10-21-58(53)70-61(54)55)69-65(68-63)57-35-46-15-6-8-17-52(46)60-56-34-45(43-13-3-2-4-14-43)24-27-59(56)71-62(57)60/h2-27,31-35,40-42H,28-30,36-38H2,1H3. The smallest absolute Gasteiger partial charge is 0.167 e. The predicted molar refractivity (Wildman–Crippen MR) is 289 cm³/mol. The quantitative estimate of drug-likeness (QED) is 0.159. The summed E-state index contributed by atoms with van der Waals surface area (Å²) < 4.78 is 13.7. The van der Waals surface area contributed by atoms with Crippen LogP contribution < -0.4 is 0 Å². The lowest BCUT2D eigenvalue weighted by molar-refractivity contribution is -0.00518. The van der Waals surface area contributed by atoms with Gasteiger partial charge in [0.15, 0.2) is 17.5 Å². The van der Waals surface area contributed by atoms with Crippen LogP contribution in [0, 0.1) is 24.7 Å². The number of furan rings is 2. The van der Waals surface area contributed by atoms with Crippen molar-refractivity contribution in [3.05, 3.63) is 199 Å². The van der Waals surface area contributed by atoms with Gasteiger partial charge in [-0.05, 0) is 172 Å². The Hall–Kier alpha value is -8.15. The van der Waals surface area contributed by atoms with E-state index in [1.807, 2.05) is 12.1 Å². The van der Waals surface area contributed by atoms with Crippen molar-refractivity contribution in [2.45, 2.75) is 50.9 Å². The van der Waals surface area contributed by atoms with E-state index in [4.69, 9.17) is 23.8 Å². The fourth-order valence-corrected chi connectivity index (χ4v) is 13.7. The maximum Gasteiger partial charge on any atom is 0.167 e. The number of benzene rings is 9. The first kappa shape index (κ1) is 40.7. The fourth-order valence-electron chi connectivity index (χ4n) is 13.7. The molecule has 0 unspecified atom stereocenters. The molecule has 4 fully saturated rings. The van der Waals surface area contributed by atoms with E-state index in [-0.39, 0.29) is 0 Å². The third-order valence-electron chi connectivity index (χ3n) is 16.6. The molecule has 12 aromatic rings. The van der Waals surface area contributed by atoms with E-state index in [0.717, 1.165) is 111 Å². The SMILES string of the molecule is Cc1ccccc1-c1cc(-c2ccc(C34CC5CC(CC(C5)C3)C4)cc2)cc(-c2nc(-c3cccc4c3oc3ccccc34)nc(-c3cc4ccccc4c4c3oc3ccc(-c5ccccc5)cc34)n2)c1. The highest BCUT2D eigenvalue weighted by Gasteiger charge is 2.51. The van der Waals surface area contributed by atoms with Crippen molar-refractivity contribution < 1.29 is 8.83 Å². The molecule has 0 atom stereocenters. The molecule has 4 aliphatic rings. The van der Waals surface area contributed by atoms with E-state index in [1.165, 1.54) is 60.8 Å². The van der Waals surface area contributed by atoms with E-state index in [1.54, 1.807) is 0 Å². The van der Waals surface area contributed by atoms with Crippen LogP contribution in [0.2, 0.25) is 0 Å². The van der Waals surface area contributed by atoms with Crippen molar-refractivity contribution >= 4 is 54.6 Å². The van der Waals surface area contributed by atoms with Gasteiger partial charge in [0.25, 0.3) is 0 Å². The first-order valence-corrected chi connectivity index (χ1v) is 25.4. The molecule has 4 bridgehead atoms. The largest absolute Gasteiger partial charge is 0.455 e. The van der Waals surface area contributed by atoms with Gasteiger partial charge in [0.1, 0.15) is 22.3 Å². The zero-order valence-corrected chi connectivity index (χ0v) is 39.5. The van der Waals surface area contributed by atoms with Crippen LogP contribution in [0.15, 0.2) is 197 Å². The van der Waals surface area contributed by atoms with Gasteiger partial charge in [0, 0.05) is 27.1 Å². The van der Waals surface area contributed by atoms with Crippen molar-refractivity contribution in [1.29, 1.82) is 0 Å². The summed E-state index contributed by atoms with van der Waals surface area (Å²) in [5.74, 6) is 4.32. The zero-order valence-electron chi connectivity index (χ0n) is 39.5. The van der Waals surface area contributed by atoms with Gasteiger partial charge in [0.05, 0.1) is 11.1 Å². The lowest BCUT2D eigenvalue weighted by atomic mass is 9.48. The number of para-hydroxylation sites is 2. The van der Waals surface area contributed by atoms with Crippen molar-refractivity contribution in [3.63, 3.8) is 0 Å². The normalized spacial score (nSPS) is 19.5. The summed E-state index contributed by atoms with van der Waals surface area (Å²) in [5, 5.41) is 6.34. The summed E-state index contributed by atoms with van der Waals surface area (Å²) in [5.41, 5.74) is 15.6. The molecule has 0 amide bonds. The Labute approximate surface area is 411 Å². The average Bonchev–Trinajstić information content (AvgIpc) is 4.00. The summed E-state index contributed by atoms with van der Waals surface area (Å²) in [6.07, 6.45) is 8.38. The van der Waals surface area contributed by atoms with E-state index in [0.29, 0.717) is 22.9 Å². The topological polar surface area (TPSA) is 65.0 Å². The average molecular weight is 916 g/mol. The van der Waals surface area contributed by atoms with Gasteiger partial charge in [-0.1, -0.05) is 140 Å². The molecular formula is C66H49N3O2. The molecule has 0 aliphatic heterocycles. The van der Waals surface area contributed by atoms with Gasteiger partial charge in [-0.3, -0.25) is 0 Å². The molecule has 340 valence electrons. The minimum atomic E-state index is 0.333. The summed E-state index contributed by atoms with van der Waals surface area (Å²) >= 11 is 0. The van der Waals surface area contributed by atoms with Crippen LogP contribution in [-0.2, 0) is 5.41 Å². The lowest BCUT2D eigenvalue weighted by Gasteiger charge is -2.57. The molecule has 0 spiro atoms. The molecule has 0 N–H and O–H groups in total. The molecule has 71 heavy (non-hydrogen) atoms. The molecule has 9 aromatic carbocycles. The number of aromatic nitrogens is 3. The second-order valence-electron chi connectivity index (χ2n) is 21.0. The second-order valence-corrected chi connectivity index (χ2v) is 21.0. The number of nitrogens with zero attached hydrogens (tertiary/aromatic N) is 3. The fraction of sp³-hybridized carbons (Fsp3) is 0.167. The van der Waals surface area contributed by atoms with E-state index < -0.39 is 0 Å². The number of hydrogen-bond acceptors (Lipinski definition) is 5. The highest BCUT2D eigenvalue weighted by atomic mass is 16.3. The Kier molecular flexibility index (Phi) is 8.99. The van der Waals surface area contributed by atoms with Crippen LogP contribution in [0.1, 0.15) is 49.7 Å². The molecule has 3 heterocycles. The molecule has 5 heteroatoms. The zero-order chi connectivity index (χ0) is 46.8. The number of hydrogen-bond donors (Lipinski definition) is 0. The van der Waals surface area contributed by atoms with Crippen LogP contribution in [0.5, 0.6) is 0 Å². The first-order valence-electron chi connectivity index (χ1n) is 25.4. The monoisotopic (exact) mass is 915 g/mol. The van der Waals surface area contributed by atoms with Crippen LogP contribution in [0.3, 0.4) is 0 Å². The van der Waals surface area contributed by atoms with Gasteiger partial charge in [-0.25, -0.2) is 15.0 Å². The van der Waals surface area contributed by atoms with E-state index in [9.17, 15) is 0 Å². The molecule has 0 saturated heterocycles. The van der Waals surface area contributed by atoms with Gasteiger partial charge in [-0.2, -0.15) is 0 Å². The van der Waals surface area contributed by atoms with Crippen LogP contribution in [0.25, 0.3) is 122 Å². The molecule has 0 radical (unpaired) electrons. The van der Waals surface area contributed by atoms with Crippen LogP contribution in [-0.4, -0.2) is 15.0 Å². The maximum atomic E-state index is 6.97. The predicted octanol–water partition coefficient (Wildman–Crippen LogP) is 17.6. The Morgan fingerprint density at radius 1 is 0.394 bits per heavy atom. The van der Waals surface area contributed by atoms with Crippen molar-refractivity contribution in [2.75, 3.05) is 0 Å². The highest BCUT2D eigenvalue weighted by molar-refractivity contribution is 6.22. The summed E-state index contributed by atoms with van der Waals surface area (Å²) in [7, 11) is 0. The Bertz CT molecular complexity index is 4070. The molecule has 4 saturated carbocycles. The Balaban J connectivity index is 0.958. The number of aryl methyl sites for hydroxylation is 1. The second kappa shape index (κ2) is 15.7. The Morgan fingerprint density at radius 2 is 0.986 bits per heavy atom. The summed E-state index contributed by atoms with van der Waals surface area (Å²) in [4.78, 5) is 16.4. The first-order chi connectivity index (χ1) is 35.0. The number of fused-ring (bicyclic) bond motifs is 8.